The molecule has 1 unspecified atom stereocenters. The van der Waals surface area contributed by atoms with E-state index in [0.29, 0.717) is 12.8 Å². The van der Waals surface area contributed by atoms with Crippen LogP contribution in [0.4, 0.5) is 0 Å². The summed E-state index contributed by atoms with van der Waals surface area (Å²) in [6, 6.07) is 0. The molecule has 126 valence electrons. The fourth-order valence-corrected chi connectivity index (χ4v) is 3.52. The Morgan fingerprint density at radius 2 is 1.77 bits per heavy atom. The number of hydrogen-bond acceptors (Lipinski definition) is 2. The number of rotatable bonds is 6. The van der Waals surface area contributed by atoms with E-state index >= 15 is 0 Å². The van der Waals surface area contributed by atoms with Crippen LogP contribution in [0.1, 0.15) is 33.6 Å². The Morgan fingerprint density at radius 3 is 2.18 bits per heavy atom. The van der Waals surface area contributed by atoms with Gasteiger partial charge in [0.2, 0.25) is 0 Å². The van der Waals surface area contributed by atoms with Crippen LogP contribution < -0.4 is 0 Å². The number of carbonyl (C=O) groups is 1. The van der Waals surface area contributed by atoms with E-state index in [1.54, 1.807) is 6.08 Å². The lowest BCUT2D eigenvalue weighted by Gasteiger charge is -2.38. The van der Waals surface area contributed by atoms with Crippen molar-refractivity contribution in [2.45, 2.75) is 77.5 Å². The highest BCUT2D eigenvalue weighted by molar-refractivity contribution is 6.83. The van der Waals surface area contributed by atoms with Crippen molar-refractivity contribution in [3.8, 4) is 11.5 Å². The largest absolute Gasteiger partial charge is 0.478 e. The van der Waals surface area contributed by atoms with E-state index in [0.717, 1.165) is 0 Å². The molecule has 22 heavy (non-hydrogen) atoms. The summed E-state index contributed by atoms with van der Waals surface area (Å²) in [5.41, 5.74) is 3.36. The van der Waals surface area contributed by atoms with E-state index in [-0.39, 0.29) is 11.1 Å². The zero-order valence-corrected chi connectivity index (χ0v) is 17.4. The van der Waals surface area contributed by atoms with E-state index < -0.39 is 22.4 Å². The Labute approximate surface area is 138 Å². The van der Waals surface area contributed by atoms with Crippen LogP contribution >= 0.6 is 0 Å². The lowest BCUT2D eigenvalue weighted by molar-refractivity contribution is -0.131. The first-order valence-corrected chi connectivity index (χ1v) is 14.2. The van der Waals surface area contributed by atoms with Gasteiger partial charge in [-0.2, -0.15) is 0 Å². The Bertz CT molecular complexity index is 457. The number of hydrogen-bond donors (Lipinski definition) is 1. The highest BCUT2D eigenvalue weighted by Gasteiger charge is 2.38. The quantitative estimate of drug-likeness (QED) is 0.434. The van der Waals surface area contributed by atoms with Crippen LogP contribution in [-0.2, 0) is 9.22 Å². The van der Waals surface area contributed by atoms with Gasteiger partial charge in [-0.25, -0.2) is 4.79 Å². The van der Waals surface area contributed by atoms with Crippen molar-refractivity contribution >= 4 is 22.4 Å². The maximum absolute atomic E-state index is 10.6. The van der Waals surface area contributed by atoms with Gasteiger partial charge in [0.25, 0.3) is 0 Å². The van der Waals surface area contributed by atoms with Crippen molar-refractivity contribution in [1.82, 2.24) is 0 Å². The van der Waals surface area contributed by atoms with Crippen molar-refractivity contribution in [3.63, 3.8) is 0 Å². The van der Waals surface area contributed by atoms with Gasteiger partial charge in [-0.3, -0.25) is 0 Å². The highest BCUT2D eigenvalue weighted by atomic mass is 28.4. The molecule has 0 spiro atoms. The fourth-order valence-electron chi connectivity index (χ4n) is 1.52. The van der Waals surface area contributed by atoms with E-state index in [1.807, 2.05) is 0 Å². The Morgan fingerprint density at radius 1 is 1.23 bits per heavy atom. The smallest absolute Gasteiger partial charge is 0.327 e. The maximum atomic E-state index is 10.6. The molecule has 0 aromatic rings. The van der Waals surface area contributed by atoms with Crippen molar-refractivity contribution in [2.24, 2.45) is 0 Å². The summed E-state index contributed by atoms with van der Waals surface area (Å²) < 4.78 is 6.41. The van der Waals surface area contributed by atoms with E-state index in [1.165, 1.54) is 6.08 Å². The van der Waals surface area contributed by atoms with Gasteiger partial charge in [-0.1, -0.05) is 46.5 Å². The third kappa shape index (κ3) is 9.24. The predicted molar refractivity (Wildman–Crippen MR) is 99.2 cm³/mol. The minimum Gasteiger partial charge on any atom is -0.478 e. The van der Waals surface area contributed by atoms with Crippen molar-refractivity contribution < 1.29 is 14.3 Å². The summed E-state index contributed by atoms with van der Waals surface area (Å²) >= 11 is 0. The number of carboxylic acid groups (broad SMARTS) is 1. The maximum Gasteiger partial charge on any atom is 0.327 e. The third-order valence-corrected chi connectivity index (χ3v) is 9.18. The second kappa shape index (κ2) is 8.14. The lowest BCUT2D eigenvalue weighted by Crippen LogP contribution is -2.43. The van der Waals surface area contributed by atoms with Crippen molar-refractivity contribution in [3.05, 3.63) is 12.2 Å². The van der Waals surface area contributed by atoms with Gasteiger partial charge in [0, 0.05) is 12.5 Å². The van der Waals surface area contributed by atoms with Crippen molar-refractivity contribution in [2.75, 3.05) is 0 Å². The van der Waals surface area contributed by atoms with Gasteiger partial charge < -0.3 is 9.53 Å². The van der Waals surface area contributed by atoms with E-state index in [2.05, 4.69) is 65.0 Å². The minimum atomic E-state index is -1.88. The molecule has 0 heterocycles. The molecule has 3 nitrogen and oxygen atoms in total. The Balaban J connectivity index is 5.00. The summed E-state index contributed by atoms with van der Waals surface area (Å²) in [5.74, 6) is 2.35. The molecule has 0 aromatic heterocycles. The van der Waals surface area contributed by atoms with E-state index in [4.69, 9.17) is 9.53 Å². The van der Waals surface area contributed by atoms with Crippen LogP contribution in [0.3, 0.4) is 0 Å². The minimum absolute atomic E-state index is 0.0275. The molecule has 0 bridgehead atoms. The molecule has 0 saturated carbocycles. The number of carboxylic acids is 1. The normalized spacial score (nSPS) is 14.5. The van der Waals surface area contributed by atoms with Crippen LogP contribution in [0, 0.1) is 11.5 Å². The molecule has 0 aliphatic carbocycles. The average Bonchev–Trinajstić information content (AvgIpc) is 2.24. The van der Waals surface area contributed by atoms with Gasteiger partial charge in [-0.05, 0) is 24.6 Å². The van der Waals surface area contributed by atoms with Crippen LogP contribution in [0.25, 0.3) is 0 Å². The topological polar surface area (TPSA) is 46.5 Å². The number of aliphatic carboxylic acids is 1. The first-order chi connectivity index (χ1) is 9.74. The average molecular weight is 341 g/mol. The van der Waals surface area contributed by atoms with Crippen LogP contribution in [0.2, 0.25) is 37.8 Å². The molecule has 1 atom stereocenters. The lowest BCUT2D eigenvalue weighted by atomic mass is 10.2. The molecule has 5 heteroatoms. The molecule has 0 aliphatic rings. The van der Waals surface area contributed by atoms with Crippen LogP contribution in [-0.4, -0.2) is 33.6 Å². The molecule has 0 fully saturated rings. The SMILES string of the molecule is CC(C)(C)[Si](C)(C)OC(CC#C[Si](C)(C)C)CC=CC(=O)O. The Hall–Kier alpha value is -0.836. The van der Waals surface area contributed by atoms with Gasteiger partial charge in [0.1, 0.15) is 8.07 Å². The van der Waals surface area contributed by atoms with Crippen molar-refractivity contribution in [1.29, 1.82) is 0 Å². The zero-order valence-electron chi connectivity index (χ0n) is 15.4. The molecule has 1 N–H and O–H groups in total. The Kier molecular flexibility index (Phi) is 7.83. The van der Waals surface area contributed by atoms with E-state index in [9.17, 15) is 4.79 Å². The van der Waals surface area contributed by atoms with Crippen LogP contribution in [0.5, 0.6) is 0 Å². The molecule has 0 radical (unpaired) electrons. The summed E-state index contributed by atoms with van der Waals surface area (Å²) in [6.07, 6.45) is 4.10. The van der Waals surface area contributed by atoms with Gasteiger partial charge in [0.05, 0.1) is 6.10 Å². The third-order valence-electron chi connectivity index (χ3n) is 3.72. The fraction of sp³-hybridized carbons (Fsp3) is 0.706. The van der Waals surface area contributed by atoms with Gasteiger partial charge in [0.15, 0.2) is 8.32 Å². The molecule has 0 saturated heterocycles. The molecular weight excluding hydrogens is 308 g/mol. The molecule has 0 rings (SSSR count). The van der Waals surface area contributed by atoms with Crippen LogP contribution in [0.15, 0.2) is 12.2 Å². The molecular formula is C17H32O3Si2. The first-order valence-electron chi connectivity index (χ1n) is 7.82. The van der Waals surface area contributed by atoms with Gasteiger partial charge >= 0.3 is 5.97 Å². The predicted octanol–water partition coefficient (Wildman–Crippen LogP) is 4.68. The summed E-state index contributed by atoms with van der Waals surface area (Å²) in [4.78, 5) is 10.6. The second-order valence-corrected chi connectivity index (χ2v) is 17.7. The summed E-state index contributed by atoms with van der Waals surface area (Å²) in [5, 5.41) is 8.86. The molecule has 0 aliphatic heterocycles. The monoisotopic (exact) mass is 340 g/mol. The first kappa shape index (κ1) is 21.2. The highest BCUT2D eigenvalue weighted by Crippen LogP contribution is 2.38. The molecule has 0 amide bonds. The summed E-state index contributed by atoms with van der Waals surface area (Å²) in [6.45, 7) is 17.7. The second-order valence-electron chi connectivity index (χ2n) is 8.23. The summed E-state index contributed by atoms with van der Waals surface area (Å²) in [7, 11) is -3.26. The van der Waals surface area contributed by atoms with Gasteiger partial charge in [-0.15, -0.1) is 11.5 Å². The zero-order chi connectivity index (χ0) is 17.6. The standard InChI is InChI=1S/C17H32O3Si2/c1-17(2,3)22(7,8)20-15(11-9-13-16(18)19)12-10-14-21(4,5)6/h9,13,15H,11-12H2,1-8H3,(H,18,19). The molecule has 0 aromatic carbocycles.